The summed E-state index contributed by atoms with van der Waals surface area (Å²) >= 11 is 0. The highest BCUT2D eigenvalue weighted by molar-refractivity contribution is 5.26. The van der Waals surface area contributed by atoms with Crippen LogP contribution in [0.25, 0.3) is 0 Å². The SMILES string of the molecule is COc1cncc(C(C)(C)O)c1. The lowest BCUT2D eigenvalue weighted by Crippen LogP contribution is -2.15. The van der Waals surface area contributed by atoms with Crippen molar-refractivity contribution < 1.29 is 9.84 Å². The second-order valence-electron chi connectivity index (χ2n) is 3.17. The molecule has 1 rings (SSSR count). The zero-order chi connectivity index (χ0) is 9.19. The molecule has 0 saturated heterocycles. The fourth-order valence-electron chi connectivity index (χ4n) is 0.865. The zero-order valence-electron chi connectivity index (χ0n) is 7.53. The molecule has 0 fully saturated rings. The van der Waals surface area contributed by atoms with E-state index in [0.29, 0.717) is 5.75 Å². The summed E-state index contributed by atoms with van der Waals surface area (Å²) in [6.07, 6.45) is 3.23. The molecule has 0 amide bonds. The fourth-order valence-corrected chi connectivity index (χ4v) is 0.865. The third-order valence-electron chi connectivity index (χ3n) is 1.66. The Balaban J connectivity index is 3.02. The van der Waals surface area contributed by atoms with E-state index < -0.39 is 5.60 Å². The van der Waals surface area contributed by atoms with Crippen LogP contribution < -0.4 is 4.74 Å². The molecular weight excluding hydrogens is 154 g/mol. The van der Waals surface area contributed by atoms with E-state index in [0.717, 1.165) is 5.56 Å². The van der Waals surface area contributed by atoms with Crippen molar-refractivity contribution in [3.63, 3.8) is 0 Å². The van der Waals surface area contributed by atoms with Crippen LogP contribution in [-0.4, -0.2) is 17.2 Å². The van der Waals surface area contributed by atoms with Crippen LogP contribution in [0.2, 0.25) is 0 Å². The molecule has 0 spiro atoms. The van der Waals surface area contributed by atoms with E-state index in [1.807, 2.05) is 0 Å². The summed E-state index contributed by atoms with van der Waals surface area (Å²) in [7, 11) is 1.57. The predicted molar refractivity (Wildman–Crippen MR) is 46.0 cm³/mol. The third kappa shape index (κ3) is 1.95. The van der Waals surface area contributed by atoms with Crippen LogP contribution >= 0.6 is 0 Å². The molecule has 0 aliphatic rings. The molecular formula is C9H13NO2. The molecule has 0 aromatic carbocycles. The van der Waals surface area contributed by atoms with Gasteiger partial charge in [0.2, 0.25) is 0 Å². The summed E-state index contributed by atoms with van der Waals surface area (Å²) in [6, 6.07) is 1.77. The van der Waals surface area contributed by atoms with Gasteiger partial charge in [0.15, 0.2) is 0 Å². The van der Waals surface area contributed by atoms with Gasteiger partial charge < -0.3 is 9.84 Å². The summed E-state index contributed by atoms with van der Waals surface area (Å²) in [5.41, 5.74) is -0.108. The minimum atomic E-state index is -0.860. The van der Waals surface area contributed by atoms with Gasteiger partial charge in [-0.1, -0.05) is 0 Å². The molecule has 12 heavy (non-hydrogen) atoms. The van der Waals surface area contributed by atoms with Gasteiger partial charge in [-0.05, 0) is 19.9 Å². The normalized spacial score (nSPS) is 11.3. The first kappa shape index (κ1) is 9.00. The van der Waals surface area contributed by atoms with Gasteiger partial charge in [0.25, 0.3) is 0 Å². The quantitative estimate of drug-likeness (QED) is 0.722. The average Bonchev–Trinajstić information content (AvgIpc) is 2.03. The number of pyridine rings is 1. The summed E-state index contributed by atoms with van der Waals surface area (Å²) in [4.78, 5) is 3.94. The van der Waals surface area contributed by atoms with Gasteiger partial charge in [0, 0.05) is 11.8 Å². The second kappa shape index (κ2) is 3.11. The van der Waals surface area contributed by atoms with Crippen molar-refractivity contribution in [3.8, 4) is 5.75 Å². The number of methoxy groups -OCH3 is 1. The number of aromatic nitrogens is 1. The first-order valence-corrected chi connectivity index (χ1v) is 3.76. The Morgan fingerprint density at radius 2 is 2.08 bits per heavy atom. The zero-order valence-corrected chi connectivity index (χ0v) is 7.53. The maximum atomic E-state index is 9.61. The van der Waals surface area contributed by atoms with Crippen molar-refractivity contribution in [3.05, 3.63) is 24.0 Å². The molecule has 0 unspecified atom stereocenters. The lowest BCUT2D eigenvalue weighted by Gasteiger charge is -2.17. The first-order chi connectivity index (χ1) is 5.54. The van der Waals surface area contributed by atoms with Gasteiger partial charge in [-0.2, -0.15) is 0 Å². The summed E-state index contributed by atoms with van der Waals surface area (Å²) in [6.45, 7) is 3.42. The molecule has 0 saturated carbocycles. The first-order valence-electron chi connectivity index (χ1n) is 3.76. The molecule has 1 aromatic heterocycles. The van der Waals surface area contributed by atoms with Crippen molar-refractivity contribution in [2.75, 3.05) is 7.11 Å². The third-order valence-corrected chi connectivity index (χ3v) is 1.66. The van der Waals surface area contributed by atoms with Crippen LogP contribution in [0.1, 0.15) is 19.4 Å². The maximum Gasteiger partial charge on any atom is 0.137 e. The van der Waals surface area contributed by atoms with E-state index in [9.17, 15) is 5.11 Å². The Morgan fingerprint density at radius 3 is 2.58 bits per heavy atom. The maximum absolute atomic E-state index is 9.61. The van der Waals surface area contributed by atoms with Crippen molar-refractivity contribution in [1.82, 2.24) is 4.98 Å². The predicted octanol–water partition coefficient (Wildman–Crippen LogP) is 1.32. The Labute approximate surface area is 72.0 Å². The van der Waals surface area contributed by atoms with E-state index in [-0.39, 0.29) is 0 Å². The Hall–Kier alpha value is -1.09. The summed E-state index contributed by atoms with van der Waals surface area (Å²) < 4.78 is 4.98. The Morgan fingerprint density at radius 1 is 1.42 bits per heavy atom. The van der Waals surface area contributed by atoms with E-state index in [4.69, 9.17) is 4.74 Å². The van der Waals surface area contributed by atoms with Crippen molar-refractivity contribution >= 4 is 0 Å². The van der Waals surface area contributed by atoms with Crippen LogP contribution in [0, 0.1) is 0 Å². The molecule has 1 aromatic rings. The molecule has 1 heterocycles. The van der Waals surface area contributed by atoms with Gasteiger partial charge in [0.05, 0.1) is 18.9 Å². The molecule has 0 radical (unpaired) electrons. The molecule has 0 bridgehead atoms. The highest BCUT2D eigenvalue weighted by Gasteiger charge is 2.16. The fraction of sp³-hybridized carbons (Fsp3) is 0.444. The largest absolute Gasteiger partial charge is 0.495 e. The van der Waals surface area contributed by atoms with Gasteiger partial charge >= 0.3 is 0 Å². The van der Waals surface area contributed by atoms with Gasteiger partial charge in [0.1, 0.15) is 5.75 Å². The van der Waals surface area contributed by atoms with E-state index in [1.165, 1.54) is 0 Å². The lowest BCUT2D eigenvalue weighted by atomic mass is 10.0. The number of hydrogen-bond acceptors (Lipinski definition) is 3. The second-order valence-corrected chi connectivity index (χ2v) is 3.17. The Bertz CT molecular complexity index is 265. The Kier molecular flexibility index (Phi) is 2.33. The molecule has 66 valence electrons. The number of rotatable bonds is 2. The van der Waals surface area contributed by atoms with Crippen LogP contribution in [0.3, 0.4) is 0 Å². The minimum Gasteiger partial charge on any atom is -0.495 e. The molecule has 0 aliphatic carbocycles. The standard InChI is InChI=1S/C9H13NO2/c1-9(2,11)7-4-8(12-3)6-10-5-7/h4-6,11H,1-3H3. The molecule has 1 N–H and O–H groups in total. The van der Waals surface area contributed by atoms with Gasteiger partial charge in [-0.15, -0.1) is 0 Å². The molecule has 0 aliphatic heterocycles. The number of ether oxygens (including phenoxy) is 1. The lowest BCUT2D eigenvalue weighted by molar-refractivity contribution is 0.0779. The smallest absolute Gasteiger partial charge is 0.137 e. The number of hydrogen-bond donors (Lipinski definition) is 1. The van der Waals surface area contributed by atoms with Crippen molar-refractivity contribution in [1.29, 1.82) is 0 Å². The molecule has 3 heteroatoms. The van der Waals surface area contributed by atoms with Gasteiger partial charge in [-0.3, -0.25) is 4.98 Å². The van der Waals surface area contributed by atoms with Crippen LogP contribution in [0.4, 0.5) is 0 Å². The van der Waals surface area contributed by atoms with Gasteiger partial charge in [-0.25, -0.2) is 0 Å². The van der Waals surface area contributed by atoms with E-state index in [2.05, 4.69) is 4.98 Å². The highest BCUT2D eigenvalue weighted by Crippen LogP contribution is 2.21. The highest BCUT2D eigenvalue weighted by atomic mass is 16.5. The molecule has 3 nitrogen and oxygen atoms in total. The van der Waals surface area contributed by atoms with E-state index >= 15 is 0 Å². The van der Waals surface area contributed by atoms with Crippen LogP contribution in [-0.2, 0) is 5.60 Å². The summed E-state index contributed by atoms with van der Waals surface area (Å²) in [5.74, 6) is 0.662. The summed E-state index contributed by atoms with van der Waals surface area (Å²) in [5, 5.41) is 9.61. The molecule has 0 atom stereocenters. The van der Waals surface area contributed by atoms with E-state index in [1.54, 1.807) is 39.4 Å². The topological polar surface area (TPSA) is 42.4 Å². The minimum absolute atomic E-state index is 0.662. The van der Waals surface area contributed by atoms with Crippen molar-refractivity contribution in [2.24, 2.45) is 0 Å². The number of nitrogens with zero attached hydrogens (tertiary/aromatic N) is 1. The monoisotopic (exact) mass is 167 g/mol. The van der Waals surface area contributed by atoms with Crippen LogP contribution in [0.5, 0.6) is 5.75 Å². The average molecular weight is 167 g/mol. The van der Waals surface area contributed by atoms with Crippen LogP contribution in [0.15, 0.2) is 18.5 Å². The number of aliphatic hydroxyl groups is 1. The van der Waals surface area contributed by atoms with Crippen molar-refractivity contribution in [2.45, 2.75) is 19.4 Å².